The van der Waals surface area contributed by atoms with Crippen LogP contribution in [0.1, 0.15) is 39.5 Å². The fourth-order valence-corrected chi connectivity index (χ4v) is 2.96. The lowest BCUT2D eigenvalue weighted by Gasteiger charge is -2.36. The van der Waals surface area contributed by atoms with Crippen LogP contribution in [0, 0.1) is 0 Å². The largest absolute Gasteiger partial charge is 0.343 e. The minimum absolute atomic E-state index is 0.0734. The zero-order valence-corrected chi connectivity index (χ0v) is 14.6. The summed E-state index contributed by atoms with van der Waals surface area (Å²) in [5.74, 6) is 0.0734. The number of nitrogens with zero attached hydrogens (tertiary/aromatic N) is 3. The van der Waals surface area contributed by atoms with Crippen LogP contribution in [0.4, 0.5) is 0 Å². The first kappa shape index (κ1) is 18.4. The van der Waals surface area contributed by atoms with Crippen LogP contribution in [-0.2, 0) is 4.79 Å². The highest BCUT2D eigenvalue weighted by atomic mass is 16.2. The van der Waals surface area contributed by atoms with Crippen molar-refractivity contribution in [1.29, 1.82) is 0 Å². The van der Waals surface area contributed by atoms with Gasteiger partial charge in [-0.3, -0.25) is 4.79 Å². The molecule has 1 saturated heterocycles. The Hall–Kier alpha value is -0.650. The lowest BCUT2D eigenvalue weighted by molar-refractivity contribution is -0.136. The quantitative estimate of drug-likeness (QED) is 0.761. The Morgan fingerprint density at radius 1 is 1.19 bits per heavy atom. The topological polar surface area (TPSA) is 52.8 Å². The average Bonchev–Trinajstić information content (AvgIpc) is 2.51. The van der Waals surface area contributed by atoms with E-state index < -0.39 is 5.54 Å². The van der Waals surface area contributed by atoms with Crippen LogP contribution in [0.3, 0.4) is 0 Å². The predicted octanol–water partition coefficient (Wildman–Crippen LogP) is 0.988. The SMILES string of the molecule is CCC(N)(CC)C(=O)N(C)CCN(C)C1CCN(C)CC1. The molecule has 0 saturated carbocycles. The molecule has 0 aromatic rings. The maximum Gasteiger partial charge on any atom is 0.242 e. The third-order valence-electron chi connectivity index (χ3n) is 5.13. The van der Waals surface area contributed by atoms with Gasteiger partial charge in [-0.2, -0.15) is 0 Å². The Morgan fingerprint density at radius 3 is 2.19 bits per heavy atom. The van der Waals surface area contributed by atoms with E-state index in [-0.39, 0.29) is 5.91 Å². The summed E-state index contributed by atoms with van der Waals surface area (Å²) >= 11 is 0. The average molecular weight is 298 g/mol. The standard InChI is InChI=1S/C16H34N4O/c1-6-16(17,7-2)15(21)20(5)13-12-19(4)14-8-10-18(3)11-9-14/h14H,6-13,17H2,1-5H3. The highest BCUT2D eigenvalue weighted by Crippen LogP contribution is 2.16. The van der Waals surface area contributed by atoms with Gasteiger partial charge in [0.2, 0.25) is 5.91 Å². The second-order valence-electron chi connectivity index (χ2n) is 6.61. The summed E-state index contributed by atoms with van der Waals surface area (Å²) in [7, 11) is 6.22. The number of hydrogen-bond donors (Lipinski definition) is 1. The Morgan fingerprint density at radius 2 is 1.71 bits per heavy atom. The van der Waals surface area contributed by atoms with E-state index in [1.807, 2.05) is 20.9 Å². The van der Waals surface area contributed by atoms with Crippen molar-refractivity contribution in [3.8, 4) is 0 Å². The molecule has 2 N–H and O–H groups in total. The molecule has 0 aromatic carbocycles. The fraction of sp³-hybridized carbons (Fsp3) is 0.938. The Labute approximate surface area is 130 Å². The molecule has 5 heteroatoms. The Balaban J connectivity index is 2.41. The first-order valence-corrected chi connectivity index (χ1v) is 8.27. The van der Waals surface area contributed by atoms with Gasteiger partial charge in [-0.15, -0.1) is 0 Å². The van der Waals surface area contributed by atoms with E-state index in [1.54, 1.807) is 4.90 Å². The van der Waals surface area contributed by atoms with Crippen molar-refractivity contribution in [2.24, 2.45) is 5.73 Å². The fourth-order valence-electron chi connectivity index (χ4n) is 2.96. The molecule has 1 heterocycles. The first-order chi connectivity index (χ1) is 9.84. The number of rotatable bonds is 7. The summed E-state index contributed by atoms with van der Waals surface area (Å²) in [6.45, 7) is 7.98. The van der Waals surface area contributed by atoms with Gasteiger partial charge in [-0.1, -0.05) is 13.8 Å². The zero-order valence-electron chi connectivity index (χ0n) is 14.6. The zero-order chi connectivity index (χ0) is 16.0. The highest BCUT2D eigenvalue weighted by Gasteiger charge is 2.32. The lowest BCUT2D eigenvalue weighted by atomic mass is 9.92. The van der Waals surface area contributed by atoms with Gasteiger partial charge >= 0.3 is 0 Å². The number of carbonyl (C=O) groups excluding carboxylic acids is 1. The molecule has 5 nitrogen and oxygen atoms in total. The van der Waals surface area contributed by atoms with Crippen molar-refractivity contribution in [1.82, 2.24) is 14.7 Å². The van der Waals surface area contributed by atoms with E-state index in [4.69, 9.17) is 5.73 Å². The Kier molecular flexibility index (Phi) is 7.10. The molecule has 1 amide bonds. The van der Waals surface area contributed by atoms with Gasteiger partial charge in [-0.25, -0.2) is 0 Å². The van der Waals surface area contributed by atoms with Crippen LogP contribution >= 0.6 is 0 Å². The van der Waals surface area contributed by atoms with Crippen molar-refractivity contribution < 1.29 is 4.79 Å². The third-order valence-corrected chi connectivity index (χ3v) is 5.13. The molecule has 1 aliphatic rings. The molecule has 0 radical (unpaired) electrons. The molecule has 0 atom stereocenters. The van der Waals surface area contributed by atoms with E-state index >= 15 is 0 Å². The Bertz CT molecular complexity index is 322. The number of amides is 1. The minimum Gasteiger partial charge on any atom is -0.343 e. The second-order valence-corrected chi connectivity index (χ2v) is 6.61. The van der Waals surface area contributed by atoms with E-state index in [9.17, 15) is 4.79 Å². The number of piperidine rings is 1. The van der Waals surface area contributed by atoms with Crippen molar-refractivity contribution in [2.45, 2.75) is 51.1 Å². The number of hydrogen-bond acceptors (Lipinski definition) is 4. The summed E-state index contributed by atoms with van der Waals surface area (Å²) < 4.78 is 0. The smallest absolute Gasteiger partial charge is 0.242 e. The van der Waals surface area contributed by atoms with Crippen LogP contribution in [0.2, 0.25) is 0 Å². The van der Waals surface area contributed by atoms with Crippen molar-refractivity contribution in [3.05, 3.63) is 0 Å². The number of nitrogens with two attached hydrogens (primary N) is 1. The van der Waals surface area contributed by atoms with Gasteiger partial charge < -0.3 is 20.4 Å². The van der Waals surface area contributed by atoms with E-state index in [1.165, 1.54) is 25.9 Å². The van der Waals surface area contributed by atoms with Gasteiger partial charge in [0, 0.05) is 26.2 Å². The maximum absolute atomic E-state index is 12.4. The second kappa shape index (κ2) is 8.11. The third kappa shape index (κ3) is 4.94. The van der Waals surface area contributed by atoms with E-state index in [0.717, 1.165) is 13.1 Å². The molecule has 0 aliphatic carbocycles. The van der Waals surface area contributed by atoms with Gasteiger partial charge in [0.1, 0.15) is 0 Å². The summed E-state index contributed by atoms with van der Waals surface area (Å²) in [5.41, 5.74) is 5.50. The number of carbonyl (C=O) groups is 1. The normalized spacial score (nSPS) is 18.2. The van der Waals surface area contributed by atoms with E-state index in [0.29, 0.717) is 18.9 Å². The molecule has 21 heavy (non-hydrogen) atoms. The summed E-state index contributed by atoms with van der Waals surface area (Å²) in [6.07, 6.45) is 3.82. The molecule has 0 aromatic heterocycles. The number of likely N-dealkylation sites (N-methyl/N-ethyl adjacent to an activating group) is 2. The van der Waals surface area contributed by atoms with Gasteiger partial charge in [0.15, 0.2) is 0 Å². The molecule has 0 bridgehead atoms. The molecule has 0 unspecified atom stereocenters. The maximum atomic E-state index is 12.4. The molecular formula is C16H34N4O. The van der Waals surface area contributed by atoms with Gasteiger partial charge in [0.25, 0.3) is 0 Å². The molecule has 1 aliphatic heterocycles. The monoisotopic (exact) mass is 298 g/mol. The van der Waals surface area contributed by atoms with Crippen LogP contribution in [0.15, 0.2) is 0 Å². The van der Waals surface area contributed by atoms with Crippen molar-refractivity contribution >= 4 is 5.91 Å². The van der Waals surface area contributed by atoms with Crippen LogP contribution < -0.4 is 5.73 Å². The van der Waals surface area contributed by atoms with Crippen LogP contribution in [0.25, 0.3) is 0 Å². The molecule has 1 fully saturated rings. The van der Waals surface area contributed by atoms with Crippen molar-refractivity contribution in [3.63, 3.8) is 0 Å². The summed E-state index contributed by atoms with van der Waals surface area (Å²) in [5, 5.41) is 0. The van der Waals surface area contributed by atoms with E-state index in [2.05, 4.69) is 23.9 Å². The molecule has 0 spiro atoms. The summed E-state index contributed by atoms with van der Waals surface area (Å²) in [4.78, 5) is 19.0. The first-order valence-electron chi connectivity index (χ1n) is 8.27. The van der Waals surface area contributed by atoms with Gasteiger partial charge in [-0.05, 0) is 52.9 Å². The predicted molar refractivity (Wildman–Crippen MR) is 88.3 cm³/mol. The van der Waals surface area contributed by atoms with Crippen LogP contribution in [0.5, 0.6) is 0 Å². The molecular weight excluding hydrogens is 264 g/mol. The summed E-state index contributed by atoms with van der Waals surface area (Å²) in [6, 6.07) is 0.643. The van der Waals surface area contributed by atoms with Crippen LogP contribution in [-0.4, -0.2) is 79.5 Å². The molecule has 1 rings (SSSR count). The highest BCUT2D eigenvalue weighted by molar-refractivity contribution is 5.85. The van der Waals surface area contributed by atoms with Gasteiger partial charge in [0.05, 0.1) is 5.54 Å². The lowest BCUT2D eigenvalue weighted by Crippen LogP contribution is -2.55. The minimum atomic E-state index is -0.694. The number of likely N-dealkylation sites (tertiary alicyclic amines) is 1. The van der Waals surface area contributed by atoms with Crippen molar-refractivity contribution in [2.75, 3.05) is 47.3 Å². The molecule has 124 valence electrons.